The van der Waals surface area contributed by atoms with Gasteiger partial charge in [0.25, 0.3) is 0 Å². The van der Waals surface area contributed by atoms with Crippen LogP contribution in [-0.2, 0) is 5.33 Å². The lowest BCUT2D eigenvalue weighted by Crippen LogP contribution is -2.19. The van der Waals surface area contributed by atoms with Crippen molar-refractivity contribution in [3.05, 3.63) is 27.7 Å². The lowest BCUT2D eigenvalue weighted by molar-refractivity contribution is -0.153. The van der Waals surface area contributed by atoms with Gasteiger partial charge in [-0.25, -0.2) is 0 Å². The zero-order valence-electron chi connectivity index (χ0n) is 7.74. The van der Waals surface area contributed by atoms with E-state index in [2.05, 4.69) is 20.7 Å². The Balaban J connectivity index is 2.88. The summed E-state index contributed by atoms with van der Waals surface area (Å²) in [5.74, 6) is -0.148. The van der Waals surface area contributed by atoms with E-state index in [1.165, 1.54) is 12.1 Å². The molecular formula is C9H6BrCl2F3O. The summed E-state index contributed by atoms with van der Waals surface area (Å²) in [5.41, 5.74) is 0.759. The van der Waals surface area contributed by atoms with Crippen LogP contribution >= 0.6 is 39.1 Å². The van der Waals surface area contributed by atoms with Gasteiger partial charge in [0.15, 0.2) is 12.4 Å². The Morgan fingerprint density at radius 2 is 1.69 bits per heavy atom. The molecule has 0 unspecified atom stereocenters. The van der Waals surface area contributed by atoms with E-state index in [-0.39, 0.29) is 15.8 Å². The first-order chi connectivity index (χ1) is 7.33. The molecule has 0 spiro atoms. The van der Waals surface area contributed by atoms with E-state index >= 15 is 0 Å². The number of halogens is 6. The largest absolute Gasteiger partial charge is 0.481 e. The molecule has 1 aromatic rings. The van der Waals surface area contributed by atoms with Crippen LogP contribution < -0.4 is 4.74 Å². The predicted molar refractivity (Wildman–Crippen MR) is 60.6 cm³/mol. The van der Waals surface area contributed by atoms with Crippen molar-refractivity contribution in [2.75, 3.05) is 6.61 Å². The lowest BCUT2D eigenvalue weighted by Gasteiger charge is -2.12. The van der Waals surface area contributed by atoms with Crippen LogP contribution in [-0.4, -0.2) is 12.8 Å². The number of benzene rings is 1. The second-order valence-corrected chi connectivity index (χ2v) is 4.30. The Morgan fingerprint density at radius 3 is 2.06 bits per heavy atom. The van der Waals surface area contributed by atoms with Crippen molar-refractivity contribution in [3.8, 4) is 5.75 Å². The van der Waals surface area contributed by atoms with Crippen molar-refractivity contribution >= 4 is 39.1 Å². The van der Waals surface area contributed by atoms with Gasteiger partial charge in [-0.15, -0.1) is 0 Å². The van der Waals surface area contributed by atoms with Crippen LogP contribution in [0.1, 0.15) is 5.56 Å². The zero-order chi connectivity index (χ0) is 12.3. The summed E-state index contributed by atoms with van der Waals surface area (Å²) in [6.45, 7) is -1.42. The first-order valence-corrected chi connectivity index (χ1v) is 5.94. The van der Waals surface area contributed by atoms with Crippen LogP contribution in [0.2, 0.25) is 10.0 Å². The fourth-order valence-corrected chi connectivity index (χ4v) is 1.95. The fraction of sp³-hybridized carbons (Fsp3) is 0.333. The standard InChI is InChI=1S/C9H6BrCl2F3O/c10-3-5-1-6(11)8(7(12)2-5)16-4-9(13,14)15/h1-2H,3-4H2. The molecule has 1 rings (SSSR count). The van der Waals surface area contributed by atoms with Crippen molar-refractivity contribution in [2.45, 2.75) is 11.5 Å². The van der Waals surface area contributed by atoms with Gasteiger partial charge in [-0.3, -0.25) is 0 Å². The molecule has 0 N–H and O–H groups in total. The molecule has 0 aliphatic carbocycles. The topological polar surface area (TPSA) is 9.23 Å². The van der Waals surface area contributed by atoms with Crippen LogP contribution in [0.25, 0.3) is 0 Å². The molecule has 1 aromatic carbocycles. The monoisotopic (exact) mass is 336 g/mol. The minimum Gasteiger partial charge on any atom is -0.481 e. The first-order valence-electron chi connectivity index (χ1n) is 4.07. The highest BCUT2D eigenvalue weighted by atomic mass is 79.9. The Labute approximate surface area is 109 Å². The maximum Gasteiger partial charge on any atom is 0.422 e. The van der Waals surface area contributed by atoms with E-state index in [9.17, 15) is 13.2 Å². The molecule has 0 amide bonds. The Morgan fingerprint density at radius 1 is 1.19 bits per heavy atom. The third-order valence-corrected chi connectivity index (χ3v) is 2.80. The van der Waals surface area contributed by atoms with Gasteiger partial charge in [0.1, 0.15) is 0 Å². The molecule has 0 fully saturated rings. The molecule has 0 heterocycles. The quantitative estimate of drug-likeness (QED) is 0.718. The van der Waals surface area contributed by atoms with E-state index in [1.807, 2.05) is 0 Å². The number of alkyl halides is 4. The smallest absolute Gasteiger partial charge is 0.422 e. The summed E-state index contributed by atoms with van der Waals surface area (Å²) >= 11 is 14.7. The van der Waals surface area contributed by atoms with Gasteiger partial charge in [0.05, 0.1) is 10.0 Å². The zero-order valence-corrected chi connectivity index (χ0v) is 10.8. The van der Waals surface area contributed by atoms with Crippen LogP contribution in [0.15, 0.2) is 12.1 Å². The van der Waals surface area contributed by atoms with Gasteiger partial charge in [0.2, 0.25) is 0 Å². The van der Waals surface area contributed by atoms with Crippen molar-refractivity contribution < 1.29 is 17.9 Å². The summed E-state index contributed by atoms with van der Waals surface area (Å²) in [6, 6.07) is 2.99. The second kappa shape index (κ2) is 5.47. The number of hydrogen-bond donors (Lipinski definition) is 0. The predicted octanol–water partition coefficient (Wildman–Crippen LogP) is 4.83. The van der Waals surface area contributed by atoms with E-state index in [0.717, 1.165) is 5.56 Å². The van der Waals surface area contributed by atoms with E-state index < -0.39 is 12.8 Å². The molecular weight excluding hydrogens is 332 g/mol. The Bertz CT molecular complexity index is 359. The van der Waals surface area contributed by atoms with E-state index in [1.54, 1.807) is 0 Å². The minimum absolute atomic E-state index is 0.0613. The maximum absolute atomic E-state index is 11.9. The average molecular weight is 338 g/mol. The lowest BCUT2D eigenvalue weighted by atomic mass is 10.2. The molecule has 0 aliphatic heterocycles. The maximum atomic E-state index is 11.9. The minimum atomic E-state index is -4.42. The molecule has 0 atom stereocenters. The highest BCUT2D eigenvalue weighted by Crippen LogP contribution is 2.35. The third kappa shape index (κ3) is 4.03. The van der Waals surface area contributed by atoms with Crippen LogP contribution in [0, 0.1) is 0 Å². The summed E-state index contributed by atoms with van der Waals surface area (Å²) in [4.78, 5) is 0. The van der Waals surface area contributed by atoms with Gasteiger partial charge >= 0.3 is 6.18 Å². The highest BCUT2D eigenvalue weighted by Gasteiger charge is 2.29. The van der Waals surface area contributed by atoms with Gasteiger partial charge in [-0.1, -0.05) is 39.1 Å². The van der Waals surface area contributed by atoms with E-state index in [0.29, 0.717) is 5.33 Å². The van der Waals surface area contributed by atoms with Crippen molar-refractivity contribution in [3.63, 3.8) is 0 Å². The molecule has 0 aliphatic rings. The molecule has 0 saturated heterocycles. The molecule has 7 heteroatoms. The van der Waals surface area contributed by atoms with Crippen LogP contribution in [0.4, 0.5) is 13.2 Å². The molecule has 0 bridgehead atoms. The van der Waals surface area contributed by atoms with Crippen LogP contribution in [0.5, 0.6) is 5.75 Å². The molecule has 0 aromatic heterocycles. The summed E-state index contributed by atoms with van der Waals surface area (Å²) in [5, 5.41) is 0.629. The van der Waals surface area contributed by atoms with Gasteiger partial charge in [-0.05, 0) is 17.7 Å². The first kappa shape index (κ1) is 13.9. The fourth-order valence-electron chi connectivity index (χ4n) is 0.981. The van der Waals surface area contributed by atoms with Crippen LogP contribution in [0.3, 0.4) is 0 Å². The van der Waals surface area contributed by atoms with Crippen molar-refractivity contribution in [2.24, 2.45) is 0 Å². The van der Waals surface area contributed by atoms with Gasteiger partial charge in [-0.2, -0.15) is 13.2 Å². The summed E-state index contributed by atoms with van der Waals surface area (Å²) in [7, 11) is 0. The van der Waals surface area contributed by atoms with E-state index in [4.69, 9.17) is 23.2 Å². The molecule has 1 nitrogen and oxygen atoms in total. The van der Waals surface area contributed by atoms with Gasteiger partial charge in [0, 0.05) is 5.33 Å². The second-order valence-electron chi connectivity index (χ2n) is 2.93. The van der Waals surface area contributed by atoms with Gasteiger partial charge < -0.3 is 4.74 Å². The van der Waals surface area contributed by atoms with Crippen molar-refractivity contribution in [1.82, 2.24) is 0 Å². The number of rotatable bonds is 3. The Hall–Kier alpha value is -0.130. The molecule has 0 saturated carbocycles. The summed E-state index contributed by atoms with van der Waals surface area (Å²) < 4.78 is 40.3. The number of hydrogen-bond acceptors (Lipinski definition) is 1. The average Bonchev–Trinajstić information content (AvgIpc) is 2.14. The third-order valence-electron chi connectivity index (χ3n) is 1.59. The highest BCUT2D eigenvalue weighted by molar-refractivity contribution is 9.08. The molecule has 90 valence electrons. The normalized spacial score (nSPS) is 11.6. The Kier molecular flexibility index (Phi) is 4.76. The summed E-state index contributed by atoms with van der Waals surface area (Å²) in [6.07, 6.45) is -4.42. The SMILES string of the molecule is FC(F)(F)COc1c(Cl)cc(CBr)cc1Cl. The molecule has 16 heavy (non-hydrogen) atoms. The van der Waals surface area contributed by atoms with Crippen molar-refractivity contribution in [1.29, 1.82) is 0 Å². The number of ether oxygens (including phenoxy) is 1. The molecule has 0 radical (unpaired) electrons.